The van der Waals surface area contributed by atoms with E-state index in [1.165, 1.54) is 16.7 Å². The summed E-state index contributed by atoms with van der Waals surface area (Å²) in [5, 5.41) is 0. The molecule has 0 aliphatic carbocycles. The van der Waals surface area contributed by atoms with Crippen molar-refractivity contribution in [1.29, 1.82) is 0 Å². The highest BCUT2D eigenvalue weighted by Gasteiger charge is 2.07. The molecule has 0 aromatic heterocycles. The molecule has 0 saturated heterocycles. The second-order valence-corrected chi connectivity index (χ2v) is 6.53. The Bertz CT molecular complexity index is 865. The molecule has 0 heterocycles. The van der Waals surface area contributed by atoms with Gasteiger partial charge in [0.1, 0.15) is 12.4 Å². The standard InChI is InChI=1S/C25H26O2/c1-3-20-9-11-21(12-10-20)17-24-14-13-22(15-16-26-2)18-25(24)27-19-23-7-5-4-6-8-23/h4-16,18H,3,17,19H2,1-2H3/b16-15-. The Labute approximate surface area is 162 Å². The predicted octanol–water partition coefficient (Wildman–Crippen LogP) is 6.04. The van der Waals surface area contributed by atoms with Gasteiger partial charge in [-0.25, -0.2) is 0 Å². The molecule has 0 aliphatic rings. The van der Waals surface area contributed by atoms with E-state index in [9.17, 15) is 0 Å². The van der Waals surface area contributed by atoms with Gasteiger partial charge in [0.25, 0.3) is 0 Å². The van der Waals surface area contributed by atoms with Crippen molar-refractivity contribution in [3.63, 3.8) is 0 Å². The Morgan fingerprint density at radius 1 is 0.815 bits per heavy atom. The van der Waals surface area contributed by atoms with Crippen LogP contribution in [0.25, 0.3) is 6.08 Å². The van der Waals surface area contributed by atoms with E-state index in [-0.39, 0.29) is 0 Å². The van der Waals surface area contributed by atoms with Crippen LogP contribution >= 0.6 is 0 Å². The minimum atomic E-state index is 0.556. The number of hydrogen-bond acceptors (Lipinski definition) is 2. The third-order valence-corrected chi connectivity index (χ3v) is 4.55. The van der Waals surface area contributed by atoms with Gasteiger partial charge in [-0.2, -0.15) is 0 Å². The molecule has 0 amide bonds. The van der Waals surface area contributed by atoms with Gasteiger partial charge in [-0.05, 0) is 46.4 Å². The van der Waals surface area contributed by atoms with Crippen molar-refractivity contribution < 1.29 is 9.47 Å². The van der Waals surface area contributed by atoms with E-state index in [2.05, 4.69) is 61.5 Å². The van der Waals surface area contributed by atoms with Crippen molar-refractivity contribution in [3.8, 4) is 5.75 Å². The van der Waals surface area contributed by atoms with Crippen LogP contribution in [0.5, 0.6) is 5.75 Å². The number of hydrogen-bond donors (Lipinski definition) is 0. The Hall–Kier alpha value is -3.00. The van der Waals surface area contributed by atoms with Crippen molar-refractivity contribution in [3.05, 3.63) is 107 Å². The van der Waals surface area contributed by atoms with Crippen LogP contribution in [0, 0.1) is 0 Å². The first-order chi connectivity index (χ1) is 13.3. The zero-order chi connectivity index (χ0) is 18.9. The Balaban J connectivity index is 1.82. The molecule has 0 N–H and O–H groups in total. The molecule has 0 unspecified atom stereocenters. The fourth-order valence-corrected chi connectivity index (χ4v) is 2.95. The van der Waals surface area contributed by atoms with E-state index in [1.807, 2.05) is 24.3 Å². The average Bonchev–Trinajstić information content (AvgIpc) is 2.73. The van der Waals surface area contributed by atoms with Crippen molar-refractivity contribution in [2.75, 3.05) is 7.11 Å². The summed E-state index contributed by atoms with van der Waals surface area (Å²) in [6.45, 7) is 2.73. The van der Waals surface area contributed by atoms with Gasteiger partial charge in [0.15, 0.2) is 0 Å². The van der Waals surface area contributed by atoms with Crippen LogP contribution in [-0.2, 0) is 24.2 Å². The summed E-state index contributed by atoms with van der Waals surface area (Å²) in [6.07, 6.45) is 5.53. The number of methoxy groups -OCH3 is 1. The number of ether oxygens (including phenoxy) is 2. The SMILES string of the molecule is CCc1ccc(Cc2ccc(/C=C\OC)cc2OCc2ccccc2)cc1. The van der Waals surface area contributed by atoms with Crippen LogP contribution in [0.3, 0.4) is 0 Å². The van der Waals surface area contributed by atoms with Gasteiger partial charge >= 0.3 is 0 Å². The second-order valence-electron chi connectivity index (χ2n) is 6.53. The highest BCUT2D eigenvalue weighted by Crippen LogP contribution is 2.25. The molecule has 0 aliphatic heterocycles. The van der Waals surface area contributed by atoms with Crippen molar-refractivity contribution in [2.24, 2.45) is 0 Å². The Morgan fingerprint density at radius 3 is 2.26 bits per heavy atom. The van der Waals surface area contributed by atoms with Gasteiger partial charge in [0, 0.05) is 6.42 Å². The summed E-state index contributed by atoms with van der Waals surface area (Å²) in [6, 6.07) is 25.4. The molecule has 27 heavy (non-hydrogen) atoms. The van der Waals surface area contributed by atoms with Gasteiger partial charge in [-0.1, -0.05) is 73.7 Å². The van der Waals surface area contributed by atoms with Crippen LogP contribution in [0.1, 0.15) is 34.7 Å². The summed E-state index contributed by atoms with van der Waals surface area (Å²) in [5.41, 5.74) is 6.06. The number of aryl methyl sites for hydroxylation is 1. The van der Waals surface area contributed by atoms with Crippen molar-refractivity contribution in [2.45, 2.75) is 26.4 Å². The molecule has 0 spiro atoms. The van der Waals surface area contributed by atoms with Gasteiger partial charge in [-0.3, -0.25) is 0 Å². The predicted molar refractivity (Wildman–Crippen MR) is 112 cm³/mol. The van der Waals surface area contributed by atoms with E-state index >= 15 is 0 Å². The maximum atomic E-state index is 6.19. The lowest BCUT2D eigenvalue weighted by atomic mass is 10.0. The molecule has 138 valence electrons. The van der Waals surface area contributed by atoms with Gasteiger partial charge < -0.3 is 9.47 Å². The smallest absolute Gasteiger partial charge is 0.123 e. The number of rotatable bonds is 8. The van der Waals surface area contributed by atoms with Gasteiger partial charge in [0.2, 0.25) is 0 Å². The Morgan fingerprint density at radius 2 is 1.56 bits per heavy atom. The average molecular weight is 358 g/mol. The van der Waals surface area contributed by atoms with Crippen LogP contribution < -0.4 is 4.74 Å². The molecule has 0 fully saturated rings. The van der Waals surface area contributed by atoms with E-state index in [0.717, 1.165) is 29.7 Å². The third-order valence-electron chi connectivity index (χ3n) is 4.55. The molecule has 0 bridgehead atoms. The summed E-state index contributed by atoms with van der Waals surface area (Å²) in [4.78, 5) is 0. The zero-order valence-corrected chi connectivity index (χ0v) is 16.0. The summed E-state index contributed by atoms with van der Waals surface area (Å²) in [7, 11) is 1.65. The fourth-order valence-electron chi connectivity index (χ4n) is 2.95. The topological polar surface area (TPSA) is 18.5 Å². The first kappa shape index (κ1) is 18.8. The van der Waals surface area contributed by atoms with Crippen LogP contribution in [0.15, 0.2) is 79.1 Å². The summed E-state index contributed by atoms with van der Waals surface area (Å²) >= 11 is 0. The van der Waals surface area contributed by atoms with E-state index in [1.54, 1.807) is 13.4 Å². The summed E-state index contributed by atoms with van der Waals surface area (Å²) < 4.78 is 11.2. The minimum Gasteiger partial charge on any atom is -0.504 e. The molecule has 2 nitrogen and oxygen atoms in total. The van der Waals surface area contributed by atoms with Crippen LogP contribution in [-0.4, -0.2) is 7.11 Å². The number of benzene rings is 3. The molecule has 0 radical (unpaired) electrons. The largest absolute Gasteiger partial charge is 0.504 e. The van der Waals surface area contributed by atoms with Gasteiger partial charge in [0.05, 0.1) is 13.4 Å². The van der Waals surface area contributed by atoms with E-state index in [4.69, 9.17) is 9.47 Å². The molecule has 3 aromatic rings. The van der Waals surface area contributed by atoms with Crippen LogP contribution in [0.2, 0.25) is 0 Å². The maximum Gasteiger partial charge on any atom is 0.123 e. The molecular formula is C25H26O2. The zero-order valence-electron chi connectivity index (χ0n) is 16.0. The lowest BCUT2D eigenvalue weighted by molar-refractivity contribution is 0.303. The van der Waals surface area contributed by atoms with E-state index < -0.39 is 0 Å². The quantitative estimate of drug-likeness (QED) is 0.457. The third kappa shape index (κ3) is 5.49. The lowest BCUT2D eigenvalue weighted by Gasteiger charge is -2.13. The fraction of sp³-hybridized carbons (Fsp3) is 0.200. The maximum absolute atomic E-state index is 6.19. The van der Waals surface area contributed by atoms with Gasteiger partial charge in [-0.15, -0.1) is 0 Å². The highest BCUT2D eigenvalue weighted by atomic mass is 16.5. The molecule has 2 heteroatoms. The van der Waals surface area contributed by atoms with E-state index in [0.29, 0.717) is 6.61 Å². The van der Waals surface area contributed by atoms with Crippen molar-refractivity contribution >= 4 is 6.08 Å². The Kier molecular flexibility index (Phi) is 6.70. The molecule has 3 rings (SSSR count). The monoisotopic (exact) mass is 358 g/mol. The molecular weight excluding hydrogens is 332 g/mol. The second kappa shape index (κ2) is 9.63. The first-order valence-electron chi connectivity index (χ1n) is 9.35. The normalized spacial score (nSPS) is 10.9. The van der Waals surface area contributed by atoms with Crippen molar-refractivity contribution in [1.82, 2.24) is 0 Å². The highest BCUT2D eigenvalue weighted by molar-refractivity contribution is 5.54. The lowest BCUT2D eigenvalue weighted by Crippen LogP contribution is -2.00. The summed E-state index contributed by atoms with van der Waals surface area (Å²) in [5.74, 6) is 0.914. The van der Waals surface area contributed by atoms with Crippen LogP contribution in [0.4, 0.5) is 0 Å². The molecule has 3 aromatic carbocycles. The minimum absolute atomic E-state index is 0.556. The molecule has 0 atom stereocenters. The molecule has 0 saturated carbocycles. The first-order valence-corrected chi connectivity index (χ1v) is 9.35.